The summed E-state index contributed by atoms with van der Waals surface area (Å²) < 4.78 is 33.1. The van der Waals surface area contributed by atoms with Crippen LogP contribution in [-0.4, -0.2) is 56.3 Å². The molecule has 0 heterocycles. The van der Waals surface area contributed by atoms with Crippen molar-refractivity contribution in [2.24, 2.45) is 0 Å². The van der Waals surface area contributed by atoms with Gasteiger partial charge < -0.3 is 19.7 Å². The zero-order valence-electron chi connectivity index (χ0n) is 33.9. The average molecular weight is 776 g/mol. The van der Waals surface area contributed by atoms with Crippen LogP contribution in [-0.2, 0) is 32.7 Å². The zero-order valence-corrected chi connectivity index (χ0v) is 34.8. The van der Waals surface area contributed by atoms with Crippen LogP contribution in [0.2, 0.25) is 0 Å². The van der Waals surface area contributed by atoms with Crippen molar-refractivity contribution >= 4 is 19.8 Å². The molecule has 54 heavy (non-hydrogen) atoms. The van der Waals surface area contributed by atoms with E-state index in [1.54, 1.807) is 7.05 Å². The standard InChI is InChI=1S/C44H74NO8P/c1-4-6-8-10-12-14-16-18-20-21-23-25-27-29-31-33-35-37-44(47)53-42(41-52-54(48,49)51-39-38-45-3)40-50-43(46)36-34-32-30-28-26-24-22-19-17-15-13-11-9-7-5-2/h6,8,12-15,18-20,22-23,25-26,28,42,45H,4-5,7,9-11,16-17,21,24,27,29-41H2,1-3H3,(H,48,49)/b8-6-,14-12-,15-13-,20-18-,22-19-,25-23-,28-26-. The van der Waals surface area contributed by atoms with Crippen molar-refractivity contribution in [2.45, 2.75) is 148 Å². The molecule has 0 aromatic heterocycles. The number of carbonyl (C=O) groups excluding carboxylic acids is 2. The molecule has 0 bridgehead atoms. The summed E-state index contributed by atoms with van der Waals surface area (Å²) in [4.78, 5) is 35.0. The van der Waals surface area contributed by atoms with Gasteiger partial charge in [0.15, 0.2) is 6.10 Å². The number of nitrogens with one attached hydrogen (secondary N) is 1. The van der Waals surface area contributed by atoms with Crippen LogP contribution in [0.25, 0.3) is 0 Å². The Morgan fingerprint density at radius 3 is 1.59 bits per heavy atom. The third-order valence-corrected chi connectivity index (χ3v) is 8.98. The summed E-state index contributed by atoms with van der Waals surface area (Å²) in [6, 6.07) is 0. The molecule has 0 amide bonds. The van der Waals surface area contributed by atoms with Gasteiger partial charge in [-0.05, 0) is 96.9 Å². The first-order valence-corrected chi connectivity index (χ1v) is 22.0. The molecular formula is C44H74NO8P. The molecule has 9 nitrogen and oxygen atoms in total. The number of phosphoric acid groups is 1. The summed E-state index contributed by atoms with van der Waals surface area (Å²) in [5.74, 6) is -0.889. The van der Waals surface area contributed by atoms with Crippen molar-refractivity contribution in [2.75, 3.05) is 33.4 Å². The van der Waals surface area contributed by atoms with Crippen LogP contribution in [0.15, 0.2) is 85.1 Å². The number of phosphoric ester groups is 1. The lowest BCUT2D eigenvalue weighted by Gasteiger charge is -2.20. The maximum absolute atomic E-state index is 12.6. The Labute approximate surface area is 328 Å². The summed E-state index contributed by atoms with van der Waals surface area (Å²) in [5, 5.41) is 2.81. The molecule has 308 valence electrons. The van der Waals surface area contributed by atoms with Crippen LogP contribution in [0.3, 0.4) is 0 Å². The van der Waals surface area contributed by atoms with E-state index in [2.05, 4.69) is 104 Å². The minimum atomic E-state index is -4.37. The number of rotatable bonds is 37. The third kappa shape index (κ3) is 38.9. The van der Waals surface area contributed by atoms with Gasteiger partial charge >= 0.3 is 19.8 Å². The van der Waals surface area contributed by atoms with Gasteiger partial charge in [-0.25, -0.2) is 4.57 Å². The smallest absolute Gasteiger partial charge is 0.462 e. The van der Waals surface area contributed by atoms with E-state index in [0.717, 1.165) is 83.5 Å². The molecule has 0 aliphatic carbocycles. The number of hydrogen-bond donors (Lipinski definition) is 2. The molecule has 0 spiro atoms. The predicted octanol–water partition coefficient (Wildman–Crippen LogP) is 11.5. The van der Waals surface area contributed by atoms with E-state index in [4.69, 9.17) is 18.5 Å². The van der Waals surface area contributed by atoms with Crippen LogP contribution in [0, 0.1) is 0 Å². The monoisotopic (exact) mass is 776 g/mol. The van der Waals surface area contributed by atoms with Crippen LogP contribution in [0.1, 0.15) is 142 Å². The van der Waals surface area contributed by atoms with Gasteiger partial charge in [-0.3, -0.25) is 18.6 Å². The molecule has 0 aliphatic heterocycles. The summed E-state index contributed by atoms with van der Waals surface area (Å²) >= 11 is 0. The molecule has 0 aromatic rings. The highest BCUT2D eigenvalue weighted by Gasteiger charge is 2.26. The fourth-order valence-electron chi connectivity index (χ4n) is 4.90. The number of esters is 2. The van der Waals surface area contributed by atoms with Crippen LogP contribution in [0.4, 0.5) is 0 Å². The lowest BCUT2D eigenvalue weighted by atomic mass is 10.1. The van der Waals surface area contributed by atoms with Crippen molar-refractivity contribution in [3.8, 4) is 0 Å². The minimum absolute atomic E-state index is 0.0330. The van der Waals surface area contributed by atoms with Gasteiger partial charge in [-0.15, -0.1) is 0 Å². The molecule has 0 aliphatic rings. The van der Waals surface area contributed by atoms with Gasteiger partial charge in [0.05, 0.1) is 13.2 Å². The van der Waals surface area contributed by atoms with Crippen LogP contribution >= 0.6 is 7.82 Å². The van der Waals surface area contributed by atoms with Crippen LogP contribution in [0.5, 0.6) is 0 Å². The molecule has 2 unspecified atom stereocenters. The number of likely N-dealkylation sites (N-methyl/N-ethyl adjacent to an activating group) is 1. The largest absolute Gasteiger partial charge is 0.472 e. The van der Waals surface area contributed by atoms with E-state index in [0.29, 0.717) is 19.4 Å². The number of carbonyl (C=O) groups is 2. The Morgan fingerprint density at radius 1 is 0.593 bits per heavy atom. The highest BCUT2D eigenvalue weighted by Crippen LogP contribution is 2.43. The molecule has 0 radical (unpaired) electrons. The number of ether oxygens (including phenoxy) is 2. The molecule has 0 rings (SSSR count). The third-order valence-electron chi connectivity index (χ3n) is 8.00. The van der Waals surface area contributed by atoms with E-state index in [9.17, 15) is 19.0 Å². The number of allylic oxidation sites excluding steroid dienone is 14. The maximum atomic E-state index is 12.6. The second kappa shape index (κ2) is 39.9. The normalized spacial score (nSPS) is 14.2. The van der Waals surface area contributed by atoms with Crippen molar-refractivity contribution in [1.82, 2.24) is 5.32 Å². The van der Waals surface area contributed by atoms with Gasteiger partial charge in [-0.2, -0.15) is 0 Å². The quantitative estimate of drug-likeness (QED) is 0.0275. The topological polar surface area (TPSA) is 120 Å². The van der Waals surface area contributed by atoms with Gasteiger partial charge in [-0.1, -0.05) is 125 Å². The summed E-state index contributed by atoms with van der Waals surface area (Å²) in [5.41, 5.74) is 0. The summed E-state index contributed by atoms with van der Waals surface area (Å²) in [6.45, 7) is 3.98. The van der Waals surface area contributed by atoms with Crippen molar-refractivity contribution in [3.05, 3.63) is 85.1 Å². The molecule has 2 N–H and O–H groups in total. The molecule has 10 heteroatoms. The van der Waals surface area contributed by atoms with Crippen molar-refractivity contribution in [3.63, 3.8) is 0 Å². The summed E-state index contributed by atoms with van der Waals surface area (Å²) in [7, 11) is -2.68. The first-order valence-electron chi connectivity index (χ1n) is 20.5. The molecule has 0 saturated heterocycles. The highest BCUT2D eigenvalue weighted by atomic mass is 31.2. The average Bonchev–Trinajstić information content (AvgIpc) is 3.15. The van der Waals surface area contributed by atoms with E-state index in [1.165, 1.54) is 19.3 Å². The van der Waals surface area contributed by atoms with Crippen molar-refractivity contribution in [1.29, 1.82) is 0 Å². The van der Waals surface area contributed by atoms with Gasteiger partial charge in [0.1, 0.15) is 6.61 Å². The maximum Gasteiger partial charge on any atom is 0.472 e. The fourth-order valence-corrected chi connectivity index (χ4v) is 5.65. The van der Waals surface area contributed by atoms with Gasteiger partial charge in [0.25, 0.3) is 0 Å². The lowest BCUT2D eigenvalue weighted by molar-refractivity contribution is -0.161. The Morgan fingerprint density at radius 2 is 1.06 bits per heavy atom. The predicted molar refractivity (Wildman–Crippen MR) is 224 cm³/mol. The Hall–Kier alpha value is -2.81. The molecule has 0 aromatic carbocycles. The number of hydrogen-bond acceptors (Lipinski definition) is 8. The second-order valence-electron chi connectivity index (χ2n) is 13.1. The Balaban J connectivity index is 4.39. The SMILES string of the molecule is CC/C=C\C/C=C\C/C=C\C/C=C\CCCCCCC(=O)OC(COC(=O)CCCC/C=C\C/C=C\C/C=C\CCCCC)COP(=O)(O)OCCNC. The Kier molecular flexibility index (Phi) is 37.8. The molecule has 0 fully saturated rings. The van der Waals surface area contributed by atoms with E-state index in [-0.39, 0.29) is 26.1 Å². The van der Waals surface area contributed by atoms with E-state index in [1.807, 2.05) is 0 Å². The first-order chi connectivity index (χ1) is 26.3. The summed E-state index contributed by atoms with van der Waals surface area (Å²) in [6.07, 6.45) is 47.7. The minimum Gasteiger partial charge on any atom is -0.462 e. The van der Waals surface area contributed by atoms with Gasteiger partial charge in [0.2, 0.25) is 0 Å². The molecular weight excluding hydrogens is 701 g/mol. The van der Waals surface area contributed by atoms with E-state index >= 15 is 0 Å². The molecule has 2 atom stereocenters. The highest BCUT2D eigenvalue weighted by molar-refractivity contribution is 7.47. The van der Waals surface area contributed by atoms with Gasteiger partial charge in [0, 0.05) is 19.4 Å². The Bertz CT molecular complexity index is 1160. The first kappa shape index (κ1) is 51.2. The number of unbranched alkanes of at least 4 members (excludes halogenated alkanes) is 9. The fraction of sp³-hybridized carbons (Fsp3) is 0.636. The second-order valence-corrected chi connectivity index (χ2v) is 14.5. The van der Waals surface area contributed by atoms with E-state index < -0.39 is 32.5 Å². The lowest BCUT2D eigenvalue weighted by Crippen LogP contribution is -2.29. The van der Waals surface area contributed by atoms with Crippen LogP contribution < -0.4 is 5.32 Å². The molecule has 0 saturated carbocycles. The van der Waals surface area contributed by atoms with Crippen molar-refractivity contribution < 1.29 is 37.6 Å². The zero-order chi connectivity index (χ0) is 39.6.